The SMILES string of the molecule is CC1(C)CC(NC2(C(F)(F)F)CC2)C(C)(C)O1. The highest BCUT2D eigenvalue weighted by Crippen LogP contribution is 2.51. The number of halogens is 3. The summed E-state index contributed by atoms with van der Waals surface area (Å²) in [6.07, 6.45) is -3.18. The second-order valence-corrected chi connectivity index (χ2v) is 6.45. The normalized spacial score (nSPS) is 33.7. The Morgan fingerprint density at radius 2 is 1.65 bits per heavy atom. The zero-order valence-electron chi connectivity index (χ0n) is 10.7. The lowest BCUT2D eigenvalue weighted by Crippen LogP contribution is -2.55. The molecule has 0 aromatic carbocycles. The van der Waals surface area contributed by atoms with Crippen LogP contribution in [0.2, 0.25) is 0 Å². The van der Waals surface area contributed by atoms with Gasteiger partial charge in [-0.3, -0.25) is 5.32 Å². The van der Waals surface area contributed by atoms with Crippen molar-refractivity contribution < 1.29 is 17.9 Å². The summed E-state index contributed by atoms with van der Waals surface area (Å²) < 4.78 is 44.5. The Morgan fingerprint density at radius 3 is 1.94 bits per heavy atom. The summed E-state index contributed by atoms with van der Waals surface area (Å²) in [5.74, 6) is 0. The molecular weight excluding hydrogens is 231 g/mol. The van der Waals surface area contributed by atoms with Crippen LogP contribution in [0.15, 0.2) is 0 Å². The summed E-state index contributed by atoms with van der Waals surface area (Å²) in [5.41, 5.74) is -2.56. The molecular formula is C12H20F3NO. The van der Waals surface area contributed by atoms with Crippen LogP contribution in [0.5, 0.6) is 0 Å². The van der Waals surface area contributed by atoms with E-state index < -0.39 is 17.3 Å². The van der Waals surface area contributed by atoms with Crippen LogP contribution in [0, 0.1) is 0 Å². The van der Waals surface area contributed by atoms with Crippen molar-refractivity contribution in [3.05, 3.63) is 0 Å². The molecule has 0 aromatic heterocycles. The first-order chi connectivity index (χ1) is 7.48. The molecule has 2 rings (SSSR count). The zero-order chi connectivity index (χ0) is 13.1. The first kappa shape index (κ1) is 13.1. The lowest BCUT2D eigenvalue weighted by atomic mass is 9.93. The second kappa shape index (κ2) is 3.38. The Bertz CT molecular complexity index is 318. The molecule has 2 aliphatic rings. The molecule has 1 saturated heterocycles. The summed E-state index contributed by atoms with van der Waals surface area (Å²) in [4.78, 5) is 0. The van der Waals surface area contributed by atoms with E-state index in [1.54, 1.807) is 0 Å². The van der Waals surface area contributed by atoms with Crippen molar-refractivity contribution in [1.29, 1.82) is 0 Å². The number of alkyl halides is 3. The first-order valence-corrected chi connectivity index (χ1v) is 6.02. The predicted molar refractivity (Wildman–Crippen MR) is 58.8 cm³/mol. The summed E-state index contributed by atoms with van der Waals surface area (Å²) >= 11 is 0. The van der Waals surface area contributed by atoms with Gasteiger partial charge in [0.1, 0.15) is 5.54 Å². The van der Waals surface area contributed by atoms with Crippen LogP contribution in [0.25, 0.3) is 0 Å². The maximum Gasteiger partial charge on any atom is 0.406 e. The molecule has 100 valence electrons. The van der Waals surface area contributed by atoms with Gasteiger partial charge in [0.05, 0.1) is 11.2 Å². The average Bonchev–Trinajstić information content (AvgIpc) is 2.75. The average molecular weight is 251 g/mol. The fourth-order valence-corrected chi connectivity index (χ4v) is 2.76. The van der Waals surface area contributed by atoms with E-state index in [2.05, 4.69) is 5.32 Å². The maximum atomic E-state index is 12.9. The van der Waals surface area contributed by atoms with Crippen LogP contribution in [0.1, 0.15) is 47.0 Å². The Hall–Kier alpha value is -0.290. The maximum absolute atomic E-state index is 12.9. The molecule has 1 aliphatic heterocycles. The van der Waals surface area contributed by atoms with E-state index in [4.69, 9.17) is 4.74 Å². The highest BCUT2D eigenvalue weighted by atomic mass is 19.4. The molecule has 0 spiro atoms. The molecule has 1 N–H and O–H groups in total. The minimum absolute atomic E-state index is 0.184. The van der Waals surface area contributed by atoms with Gasteiger partial charge >= 0.3 is 6.18 Å². The molecule has 0 bridgehead atoms. The van der Waals surface area contributed by atoms with E-state index in [1.807, 2.05) is 27.7 Å². The molecule has 0 amide bonds. The third-order valence-corrected chi connectivity index (χ3v) is 3.82. The Balaban J connectivity index is 2.10. The molecule has 0 radical (unpaired) electrons. The second-order valence-electron chi connectivity index (χ2n) is 6.45. The molecule has 1 heterocycles. The van der Waals surface area contributed by atoms with Crippen molar-refractivity contribution in [2.45, 2.75) is 75.9 Å². The Morgan fingerprint density at radius 1 is 1.12 bits per heavy atom. The van der Waals surface area contributed by atoms with Crippen molar-refractivity contribution in [1.82, 2.24) is 5.32 Å². The van der Waals surface area contributed by atoms with Gasteiger partial charge in [-0.15, -0.1) is 0 Å². The summed E-state index contributed by atoms with van der Waals surface area (Å²) in [5, 5.41) is 2.80. The zero-order valence-corrected chi connectivity index (χ0v) is 10.7. The van der Waals surface area contributed by atoms with Gasteiger partial charge in [-0.25, -0.2) is 0 Å². The van der Waals surface area contributed by atoms with Gasteiger partial charge in [0, 0.05) is 6.04 Å². The quantitative estimate of drug-likeness (QED) is 0.814. The van der Waals surface area contributed by atoms with Gasteiger partial charge in [-0.05, 0) is 47.0 Å². The van der Waals surface area contributed by atoms with Crippen LogP contribution in [0.4, 0.5) is 13.2 Å². The minimum Gasteiger partial charge on any atom is -0.368 e. The minimum atomic E-state index is -4.16. The highest BCUT2D eigenvalue weighted by Gasteiger charge is 2.65. The van der Waals surface area contributed by atoms with Gasteiger partial charge in [0.2, 0.25) is 0 Å². The highest BCUT2D eigenvalue weighted by molar-refractivity contribution is 5.12. The van der Waals surface area contributed by atoms with Gasteiger partial charge in [0.25, 0.3) is 0 Å². The molecule has 2 fully saturated rings. The number of hydrogen-bond donors (Lipinski definition) is 1. The molecule has 1 unspecified atom stereocenters. The molecule has 2 nitrogen and oxygen atoms in total. The van der Waals surface area contributed by atoms with Crippen molar-refractivity contribution in [2.75, 3.05) is 0 Å². The molecule has 5 heteroatoms. The van der Waals surface area contributed by atoms with E-state index in [1.165, 1.54) is 0 Å². The molecule has 1 aliphatic carbocycles. The monoisotopic (exact) mass is 251 g/mol. The van der Waals surface area contributed by atoms with E-state index in [-0.39, 0.29) is 24.5 Å². The van der Waals surface area contributed by atoms with Crippen molar-refractivity contribution in [2.24, 2.45) is 0 Å². The van der Waals surface area contributed by atoms with Crippen LogP contribution >= 0.6 is 0 Å². The smallest absolute Gasteiger partial charge is 0.368 e. The number of hydrogen-bond acceptors (Lipinski definition) is 2. The van der Waals surface area contributed by atoms with Gasteiger partial charge in [-0.1, -0.05) is 0 Å². The fourth-order valence-electron chi connectivity index (χ4n) is 2.76. The summed E-state index contributed by atoms with van der Waals surface area (Å²) in [6.45, 7) is 7.55. The molecule has 17 heavy (non-hydrogen) atoms. The van der Waals surface area contributed by atoms with Crippen LogP contribution in [-0.4, -0.2) is 29.0 Å². The number of nitrogens with one attached hydrogen (secondary N) is 1. The molecule has 1 atom stereocenters. The topological polar surface area (TPSA) is 21.3 Å². The molecule has 0 aromatic rings. The fraction of sp³-hybridized carbons (Fsp3) is 1.00. The third kappa shape index (κ3) is 2.32. The lowest BCUT2D eigenvalue weighted by molar-refractivity contribution is -0.170. The third-order valence-electron chi connectivity index (χ3n) is 3.82. The first-order valence-electron chi connectivity index (χ1n) is 6.02. The van der Waals surface area contributed by atoms with Crippen LogP contribution in [-0.2, 0) is 4.74 Å². The van der Waals surface area contributed by atoms with Crippen LogP contribution in [0.3, 0.4) is 0 Å². The van der Waals surface area contributed by atoms with Gasteiger partial charge in [-0.2, -0.15) is 13.2 Å². The van der Waals surface area contributed by atoms with Crippen molar-refractivity contribution >= 4 is 0 Å². The van der Waals surface area contributed by atoms with Gasteiger partial charge < -0.3 is 4.74 Å². The predicted octanol–water partition coefficient (Wildman–Crippen LogP) is 3.02. The lowest BCUT2D eigenvalue weighted by Gasteiger charge is -2.32. The van der Waals surface area contributed by atoms with E-state index >= 15 is 0 Å². The number of rotatable bonds is 2. The standard InChI is InChI=1S/C12H20F3NO/c1-9(2)7-8(10(3,4)17-9)16-11(5-6-11)12(13,14)15/h8,16H,5-7H2,1-4H3. The summed E-state index contributed by atoms with van der Waals surface area (Å²) in [7, 11) is 0. The Kier molecular flexibility index (Phi) is 2.61. The summed E-state index contributed by atoms with van der Waals surface area (Å²) in [6, 6.07) is -0.248. The number of ether oxygens (including phenoxy) is 1. The molecule has 1 saturated carbocycles. The van der Waals surface area contributed by atoms with Crippen molar-refractivity contribution in [3.8, 4) is 0 Å². The largest absolute Gasteiger partial charge is 0.406 e. The van der Waals surface area contributed by atoms with Gasteiger partial charge in [0.15, 0.2) is 0 Å². The van der Waals surface area contributed by atoms with Crippen LogP contribution < -0.4 is 5.32 Å². The van der Waals surface area contributed by atoms with E-state index in [0.717, 1.165) is 0 Å². The van der Waals surface area contributed by atoms with Crippen molar-refractivity contribution in [3.63, 3.8) is 0 Å². The Labute approximate surface area is 99.9 Å². The van der Waals surface area contributed by atoms with E-state index in [0.29, 0.717) is 6.42 Å². The van der Waals surface area contributed by atoms with E-state index in [9.17, 15) is 13.2 Å².